The van der Waals surface area contributed by atoms with E-state index in [4.69, 9.17) is 57.1 Å². The molecular weight excluding hydrogens is 879 g/mol. The van der Waals surface area contributed by atoms with Crippen LogP contribution in [0.1, 0.15) is 52.7 Å². The largest absolute Gasteiger partial charge is 0.445 e. The average molecular weight is 936 g/mol. The van der Waals surface area contributed by atoms with E-state index in [9.17, 15) is 28.5 Å². The lowest BCUT2D eigenvalue weighted by atomic mass is 10.0. The van der Waals surface area contributed by atoms with E-state index >= 15 is 0 Å². The van der Waals surface area contributed by atoms with E-state index in [0.29, 0.717) is 6.54 Å². The van der Waals surface area contributed by atoms with E-state index in [-0.39, 0.29) is 42.6 Å². The van der Waals surface area contributed by atoms with Crippen LogP contribution in [0.2, 0.25) is 0 Å². The van der Waals surface area contributed by atoms with Gasteiger partial charge in [-0.25, -0.2) is 4.79 Å². The number of aliphatic hydroxyl groups excluding tert-OH is 3. The van der Waals surface area contributed by atoms with E-state index in [2.05, 4.69) is 15.3 Å². The van der Waals surface area contributed by atoms with Gasteiger partial charge >= 0.3 is 6.09 Å². The zero-order chi connectivity index (χ0) is 46.6. The van der Waals surface area contributed by atoms with Crippen molar-refractivity contribution in [2.24, 2.45) is 5.11 Å². The molecule has 0 saturated carbocycles. The van der Waals surface area contributed by atoms with Gasteiger partial charge < -0.3 is 68.0 Å². The van der Waals surface area contributed by atoms with Crippen molar-refractivity contribution in [3.63, 3.8) is 0 Å². The summed E-state index contributed by atoms with van der Waals surface area (Å²) in [6, 6.07) is 14.3. The summed E-state index contributed by atoms with van der Waals surface area (Å²) in [6.07, 6.45) is -7.75. The van der Waals surface area contributed by atoms with Crippen molar-refractivity contribution in [2.45, 2.75) is 169 Å². The zero-order valence-electron chi connectivity index (χ0n) is 36.9. The van der Waals surface area contributed by atoms with Gasteiger partial charge in [-0.05, 0) is 71.7 Å². The van der Waals surface area contributed by atoms with Gasteiger partial charge in [0.05, 0.1) is 42.3 Å². The lowest BCUT2D eigenvalue weighted by molar-refractivity contribution is -0.217. The Balaban J connectivity index is 0.000000139. The quantitative estimate of drug-likeness (QED) is 0.128. The van der Waals surface area contributed by atoms with Crippen molar-refractivity contribution >= 4 is 16.2 Å². The second-order valence-electron chi connectivity index (χ2n) is 18.3. The number of nitrogens with zero attached hydrogens (tertiary/aromatic N) is 4. The molecule has 0 unspecified atom stereocenters. The molecule has 2 aromatic rings. The number of azide groups is 1. The second kappa shape index (κ2) is 18.5. The molecule has 0 aliphatic carbocycles. The van der Waals surface area contributed by atoms with Crippen LogP contribution in [0.5, 0.6) is 0 Å². The fourth-order valence-electron chi connectivity index (χ4n) is 9.13. The third-order valence-corrected chi connectivity index (χ3v) is 13.3. The molecule has 23 heteroatoms. The minimum atomic E-state index is -4.05. The molecule has 0 radical (unpaired) electrons. The first kappa shape index (κ1) is 47.9. The predicted molar refractivity (Wildman–Crippen MR) is 220 cm³/mol. The first-order chi connectivity index (χ1) is 30.6. The van der Waals surface area contributed by atoms with E-state index in [1.807, 2.05) is 51.1 Å². The highest BCUT2D eigenvalue weighted by molar-refractivity contribution is 7.86. The van der Waals surface area contributed by atoms with Gasteiger partial charge in [0, 0.05) is 11.5 Å². The number of β-amino-alcohol motifs (C(OH)–C–C–N with tert-alkyl or cyclic N) is 2. The highest BCUT2D eigenvalue weighted by Gasteiger charge is 2.63. The Bertz CT molecular complexity index is 2160. The summed E-state index contributed by atoms with van der Waals surface area (Å²) in [5, 5.41) is 37.0. The SMILES string of the molecule is CC1(C)O[C@H]2O[C@H]3[C@@H]([C@H]2O1)N(C(=O)OCc1ccccc1)C[C@H]3O.CC1(C)O[C@H]2O[C@H]3[C@H](NC[C@H]3O)[C@H]2O1.Cc1ccc(S(=O)(=O)OC[C@@H](O)[C@H]2O[C@@H]3OC(C)(C)O[C@@H]3[C@H]2N=[N+]=[N-])cc1. The van der Waals surface area contributed by atoms with Crippen molar-refractivity contribution in [3.05, 3.63) is 76.2 Å². The maximum absolute atomic E-state index is 12.5. The van der Waals surface area contributed by atoms with Crippen molar-refractivity contribution in [2.75, 3.05) is 19.7 Å². The van der Waals surface area contributed by atoms with Gasteiger partial charge in [-0.15, -0.1) is 0 Å². The van der Waals surface area contributed by atoms with Gasteiger partial charge in [0.2, 0.25) is 0 Å². The van der Waals surface area contributed by atoms with Gasteiger partial charge in [-0.3, -0.25) is 9.08 Å². The molecule has 10 rings (SSSR count). The highest BCUT2D eigenvalue weighted by Crippen LogP contribution is 2.44. The van der Waals surface area contributed by atoms with Gasteiger partial charge in [-0.2, -0.15) is 8.42 Å². The lowest BCUT2D eigenvalue weighted by Gasteiger charge is -2.27. The summed E-state index contributed by atoms with van der Waals surface area (Å²) >= 11 is 0. The number of nitrogens with one attached hydrogen (secondary N) is 1. The highest BCUT2D eigenvalue weighted by atomic mass is 32.2. The standard InChI is InChI=1S/C17H21NO6.C16H21N3O7S.C9H15NO4/c1-17(2)23-14-12-13(22-15(14)24-17)11(19)8-18(12)16(20)21-9-10-6-4-3-5-7-10;1-9-4-6-10(7-5-9)27(21,22)23-8-11(20)13-12(18-19-17)14-15(24-13)26-16(2,3)25-14;1-9(2)13-7-5-6(4(11)3-10-5)12-8(7)14-9/h3-7,11-15,19H,8-9H2,1-2H3;4-7,11-15,20H,8H2,1-3H3;4-8,10-11H,3H2,1-2H3/t2*11-,12+,13-,14-,15-;4-,5+,6-,7-,8-/m111/s1. The van der Waals surface area contributed by atoms with Gasteiger partial charge in [0.1, 0.15) is 55.4 Å². The third kappa shape index (κ3) is 10.3. The maximum Gasteiger partial charge on any atom is 0.410 e. The minimum absolute atomic E-state index is 0.0236. The number of aryl methyl sites for hydroxylation is 1. The number of fused-ring (bicyclic) bond motifs is 7. The normalized spacial score (nSPS) is 37.9. The Morgan fingerprint density at radius 2 is 1.42 bits per heavy atom. The lowest BCUT2D eigenvalue weighted by Crippen LogP contribution is -2.46. The molecule has 4 N–H and O–H groups in total. The van der Waals surface area contributed by atoms with Crippen LogP contribution in [-0.4, -0.2) is 164 Å². The summed E-state index contributed by atoms with van der Waals surface area (Å²) in [5.74, 6) is -2.26. The zero-order valence-corrected chi connectivity index (χ0v) is 37.8. The molecule has 8 aliphatic heterocycles. The number of aliphatic hydroxyl groups is 3. The van der Waals surface area contributed by atoms with Crippen LogP contribution in [0, 0.1) is 6.92 Å². The minimum Gasteiger partial charge on any atom is -0.445 e. The van der Waals surface area contributed by atoms with E-state index < -0.39 is 108 Å². The molecule has 2 aromatic carbocycles. The Labute approximate surface area is 375 Å². The second-order valence-corrected chi connectivity index (χ2v) is 19.9. The van der Waals surface area contributed by atoms with Gasteiger partial charge in [-0.1, -0.05) is 53.1 Å². The number of carbonyl (C=O) groups excluding carboxylic acids is 1. The van der Waals surface area contributed by atoms with Crippen molar-refractivity contribution in [1.29, 1.82) is 0 Å². The third-order valence-electron chi connectivity index (χ3n) is 12.0. The van der Waals surface area contributed by atoms with Crippen LogP contribution >= 0.6 is 0 Å². The Hall–Kier alpha value is -3.59. The number of likely N-dealkylation sites (tertiary alicyclic amines) is 1. The molecule has 1 amide bonds. The number of carbonyl (C=O) groups is 1. The topological polar surface area (TPSA) is 277 Å². The molecule has 8 fully saturated rings. The summed E-state index contributed by atoms with van der Waals surface area (Å²) in [4.78, 5) is 16.7. The number of amides is 1. The smallest absolute Gasteiger partial charge is 0.410 e. The van der Waals surface area contributed by atoms with Gasteiger partial charge in [0.15, 0.2) is 36.2 Å². The number of hydrogen-bond acceptors (Lipinski definition) is 19. The van der Waals surface area contributed by atoms with E-state index in [1.165, 1.54) is 17.0 Å². The van der Waals surface area contributed by atoms with E-state index in [1.54, 1.807) is 39.8 Å². The van der Waals surface area contributed by atoms with E-state index in [0.717, 1.165) is 11.1 Å². The molecule has 22 nitrogen and oxygen atoms in total. The van der Waals surface area contributed by atoms with Crippen molar-refractivity contribution < 1.29 is 80.1 Å². The van der Waals surface area contributed by atoms with Gasteiger partial charge in [0.25, 0.3) is 10.1 Å². The maximum atomic E-state index is 12.5. The molecule has 8 heterocycles. The van der Waals surface area contributed by atoms with Crippen LogP contribution < -0.4 is 5.32 Å². The van der Waals surface area contributed by atoms with Crippen LogP contribution in [0.15, 0.2) is 64.6 Å². The summed E-state index contributed by atoms with van der Waals surface area (Å²) < 4.78 is 85.8. The molecular formula is C42H57N5O17S. The van der Waals surface area contributed by atoms with Crippen LogP contribution in [0.4, 0.5) is 4.79 Å². The number of hydrogen-bond donors (Lipinski definition) is 4. The Kier molecular flexibility index (Phi) is 13.6. The number of benzene rings is 2. The first-order valence-electron chi connectivity index (χ1n) is 21.4. The van der Waals surface area contributed by atoms with Crippen LogP contribution in [0.3, 0.4) is 0 Å². The molecule has 8 saturated heterocycles. The Morgan fingerprint density at radius 1 is 0.831 bits per heavy atom. The summed E-state index contributed by atoms with van der Waals surface area (Å²) in [5.41, 5.74) is 10.6. The monoisotopic (exact) mass is 935 g/mol. The average Bonchev–Trinajstić information content (AvgIpc) is 4.12. The molecule has 0 spiro atoms. The molecule has 358 valence electrons. The summed E-state index contributed by atoms with van der Waals surface area (Å²) in [6.45, 7) is 12.9. The summed E-state index contributed by atoms with van der Waals surface area (Å²) in [7, 11) is -4.05. The molecule has 8 aliphatic rings. The van der Waals surface area contributed by atoms with Crippen molar-refractivity contribution in [3.8, 4) is 0 Å². The van der Waals surface area contributed by atoms with Crippen LogP contribution in [0.25, 0.3) is 10.4 Å². The molecule has 0 aromatic heterocycles. The van der Waals surface area contributed by atoms with Crippen LogP contribution in [-0.2, 0) is 68.3 Å². The fraction of sp³-hybridized carbons (Fsp3) is 0.690. The number of rotatable bonds is 8. The first-order valence-corrected chi connectivity index (χ1v) is 22.8. The number of ether oxygens (including phenoxy) is 10. The molecule has 65 heavy (non-hydrogen) atoms. The molecule has 0 bridgehead atoms. The Morgan fingerprint density at radius 3 is 2.06 bits per heavy atom. The molecule has 15 atom stereocenters. The predicted octanol–water partition coefficient (Wildman–Crippen LogP) is 2.06. The fourth-order valence-corrected chi connectivity index (χ4v) is 10.1. The van der Waals surface area contributed by atoms with Crippen molar-refractivity contribution in [1.82, 2.24) is 10.2 Å².